The zero-order valence-corrected chi connectivity index (χ0v) is 8.96. The number of benzene rings is 1. The summed E-state index contributed by atoms with van der Waals surface area (Å²) in [7, 11) is 0. The lowest BCUT2D eigenvalue weighted by Crippen LogP contribution is -2.22. The molecule has 1 aromatic carbocycles. The maximum absolute atomic E-state index is 13.3. The predicted molar refractivity (Wildman–Crippen MR) is 51.4 cm³/mol. The van der Waals surface area contributed by atoms with E-state index in [9.17, 15) is 13.6 Å². The van der Waals surface area contributed by atoms with Crippen molar-refractivity contribution in [1.82, 2.24) is 0 Å². The van der Waals surface area contributed by atoms with Crippen LogP contribution in [0, 0.1) is 11.6 Å². The second-order valence-electron chi connectivity index (χ2n) is 2.89. The molecule has 15 heavy (non-hydrogen) atoms. The van der Waals surface area contributed by atoms with Crippen LogP contribution in [0.5, 0.6) is 0 Å². The van der Waals surface area contributed by atoms with Gasteiger partial charge in [0.05, 0.1) is 4.47 Å². The van der Waals surface area contributed by atoms with E-state index in [0.29, 0.717) is 0 Å². The van der Waals surface area contributed by atoms with Gasteiger partial charge in [-0.05, 0) is 27.6 Å². The van der Waals surface area contributed by atoms with E-state index in [1.165, 1.54) is 0 Å². The van der Waals surface area contributed by atoms with E-state index in [0.717, 1.165) is 12.1 Å². The van der Waals surface area contributed by atoms with Crippen LogP contribution in [-0.2, 0) is 11.2 Å². The molecule has 0 amide bonds. The summed E-state index contributed by atoms with van der Waals surface area (Å²) in [5.41, 5.74) is -0.0572. The van der Waals surface area contributed by atoms with Gasteiger partial charge in [0.1, 0.15) is 11.6 Å². The number of carboxylic acids is 1. The summed E-state index contributed by atoms with van der Waals surface area (Å²) in [6, 6.07) is 2.10. The molecule has 0 saturated carbocycles. The molecule has 2 N–H and O–H groups in total. The fourth-order valence-corrected chi connectivity index (χ4v) is 1.41. The molecule has 1 aromatic rings. The molecule has 0 heterocycles. The van der Waals surface area contributed by atoms with Crippen molar-refractivity contribution >= 4 is 21.9 Å². The summed E-state index contributed by atoms with van der Waals surface area (Å²) in [5.74, 6) is -3.12. The molecular formula is C9H7BrF2O3. The molecule has 0 radical (unpaired) electrons. The van der Waals surface area contributed by atoms with E-state index >= 15 is 0 Å². The van der Waals surface area contributed by atoms with Crippen molar-refractivity contribution in [2.24, 2.45) is 0 Å². The number of aliphatic hydroxyl groups excluding tert-OH is 1. The van der Waals surface area contributed by atoms with Crippen LogP contribution in [-0.4, -0.2) is 22.3 Å². The smallest absolute Gasteiger partial charge is 0.332 e. The number of rotatable bonds is 3. The van der Waals surface area contributed by atoms with Crippen LogP contribution < -0.4 is 0 Å². The van der Waals surface area contributed by atoms with Gasteiger partial charge in [-0.25, -0.2) is 13.6 Å². The largest absolute Gasteiger partial charge is 0.479 e. The maximum Gasteiger partial charge on any atom is 0.332 e. The molecule has 0 aromatic heterocycles. The van der Waals surface area contributed by atoms with Crippen LogP contribution in [0.2, 0.25) is 0 Å². The standard InChI is InChI=1S/C9H7BrF2O3/c10-7-5(11)2-1-4(8(7)12)3-6(13)9(14)15/h1-2,6,13H,3H2,(H,14,15). The zero-order valence-electron chi connectivity index (χ0n) is 7.38. The van der Waals surface area contributed by atoms with Gasteiger partial charge in [-0.15, -0.1) is 0 Å². The Balaban J connectivity index is 2.97. The highest BCUT2D eigenvalue weighted by Gasteiger charge is 2.18. The van der Waals surface area contributed by atoms with Gasteiger partial charge in [0.25, 0.3) is 0 Å². The summed E-state index contributed by atoms with van der Waals surface area (Å²) in [6.07, 6.45) is -2.10. The number of carbonyl (C=O) groups is 1. The summed E-state index contributed by atoms with van der Waals surface area (Å²) >= 11 is 2.68. The first kappa shape index (κ1) is 12.1. The minimum atomic E-state index is -1.70. The molecule has 6 heteroatoms. The average Bonchev–Trinajstić information content (AvgIpc) is 2.18. The first-order valence-corrected chi connectivity index (χ1v) is 4.76. The highest BCUT2D eigenvalue weighted by atomic mass is 79.9. The van der Waals surface area contributed by atoms with Gasteiger partial charge >= 0.3 is 5.97 Å². The predicted octanol–water partition coefficient (Wildman–Crippen LogP) is 1.72. The number of aliphatic hydroxyl groups is 1. The van der Waals surface area contributed by atoms with Crippen molar-refractivity contribution in [3.63, 3.8) is 0 Å². The SMILES string of the molecule is O=C(O)C(O)Cc1ccc(F)c(Br)c1F. The van der Waals surface area contributed by atoms with Crippen molar-refractivity contribution in [3.8, 4) is 0 Å². The Morgan fingerprint density at radius 2 is 2.07 bits per heavy atom. The third kappa shape index (κ3) is 2.73. The molecule has 1 atom stereocenters. The minimum Gasteiger partial charge on any atom is -0.479 e. The maximum atomic E-state index is 13.3. The van der Waals surface area contributed by atoms with Crippen molar-refractivity contribution in [2.75, 3.05) is 0 Å². The molecule has 0 saturated heterocycles. The lowest BCUT2D eigenvalue weighted by atomic mass is 10.1. The van der Waals surface area contributed by atoms with E-state index in [1.54, 1.807) is 0 Å². The van der Waals surface area contributed by atoms with Crippen molar-refractivity contribution in [3.05, 3.63) is 33.8 Å². The third-order valence-corrected chi connectivity index (χ3v) is 2.54. The molecule has 0 bridgehead atoms. The van der Waals surface area contributed by atoms with Crippen LogP contribution in [0.1, 0.15) is 5.56 Å². The third-order valence-electron chi connectivity index (χ3n) is 1.81. The second-order valence-corrected chi connectivity index (χ2v) is 3.69. The highest BCUT2D eigenvalue weighted by Crippen LogP contribution is 2.23. The monoisotopic (exact) mass is 280 g/mol. The number of carboxylic acid groups (broad SMARTS) is 1. The summed E-state index contributed by atoms with van der Waals surface area (Å²) in [4.78, 5) is 10.3. The summed E-state index contributed by atoms with van der Waals surface area (Å²) in [5, 5.41) is 17.4. The van der Waals surface area contributed by atoms with Gasteiger partial charge in [-0.1, -0.05) is 6.07 Å². The van der Waals surface area contributed by atoms with Gasteiger partial charge in [0.2, 0.25) is 0 Å². The number of halogens is 3. The van der Waals surface area contributed by atoms with Crippen molar-refractivity contribution in [1.29, 1.82) is 0 Å². The zero-order chi connectivity index (χ0) is 11.6. The quantitative estimate of drug-likeness (QED) is 0.829. The summed E-state index contributed by atoms with van der Waals surface area (Å²) in [6.45, 7) is 0. The van der Waals surface area contributed by atoms with Crippen molar-refractivity contribution < 1.29 is 23.8 Å². The molecule has 3 nitrogen and oxygen atoms in total. The van der Waals surface area contributed by atoms with Crippen LogP contribution >= 0.6 is 15.9 Å². The van der Waals surface area contributed by atoms with Gasteiger partial charge in [-0.3, -0.25) is 0 Å². The van der Waals surface area contributed by atoms with Gasteiger partial charge in [0, 0.05) is 6.42 Å². The van der Waals surface area contributed by atoms with E-state index < -0.39 is 30.1 Å². The van der Waals surface area contributed by atoms with Crippen LogP contribution in [0.25, 0.3) is 0 Å². The molecule has 82 valence electrons. The molecular weight excluding hydrogens is 274 g/mol. The number of hydrogen-bond acceptors (Lipinski definition) is 2. The lowest BCUT2D eigenvalue weighted by Gasteiger charge is -2.07. The Labute approximate surface area is 92.5 Å². The molecule has 0 aliphatic heterocycles. The van der Waals surface area contributed by atoms with Crippen molar-refractivity contribution in [2.45, 2.75) is 12.5 Å². The molecule has 0 aliphatic rings. The van der Waals surface area contributed by atoms with Gasteiger partial charge in [0.15, 0.2) is 6.10 Å². The van der Waals surface area contributed by atoms with E-state index in [1.807, 2.05) is 0 Å². The lowest BCUT2D eigenvalue weighted by molar-refractivity contribution is -0.146. The normalized spacial score (nSPS) is 12.5. The van der Waals surface area contributed by atoms with Crippen LogP contribution in [0.3, 0.4) is 0 Å². The topological polar surface area (TPSA) is 57.5 Å². The van der Waals surface area contributed by atoms with Crippen LogP contribution in [0.4, 0.5) is 8.78 Å². The molecule has 0 aliphatic carbocycles. The Morgan fingerprint density at radius 1 is 1.47 bits per heavy atom. The second kappa shape index (κ2) is 4.67. The fourth-order valence-electron chi connectivity index (χ4n) is 1.02. The first-order chi connectivity index (χ1) is 6.93. The first-order valence-electron chi connectivity index (χ1n) is 3.96. The average molecular weight is 281 g/mol. The minimum absolute atomic E-state index is 0.0572. The van der Waals surface area contributed by atoms with Gasteiger partial charge in [-0.2, -0.15) is 0 Å². The highest BCUT2D eigenvalue weighted by molar-refractivity contribution is 9.10. The van der Waals surface area contributed by atoms with Gasteiger partial charge < -0.3 is 10.2 Å². The Hall–Kier alpha value is -1.01. The van der Waals surface area contributed by atoms with Crippen LogP contribution in [0.15, 0.2) is 16.6 Å². The molecule has 1 rings (SSSR count). The van der Waals surface area contributed by atoms with E-state index in [-0.39, 0.29) is 10.0 Å². The Bertz CT molecular complexity index is 395. The molecule has 0 spiro atoms. The summed E-state index contributed by atoms with van der Waals surface area (Å²) < 4.78 is 25.7. The molecule has 1 unspecified atom stereocenters. The number of hydrogen-bond donors (Lipinski definition) is 2. The molecule has 0 fully saturated rings. The fraction of sp³-hybridized carbons (Fsp3) is 0.222. The Kier molecular flexibility index (Phi) is 3.76. The number of aliphatic carboxylic acids is 1. The van der Waals surface area contributed by atoms with E-state index in [4.69, 9.17) is 10.2 Å². The Morgan fingerprint density at radius 3 is 2.60 bits per heavy atom. The van der Waals surface area contributed by atoms with E-state index in [2.05, 4.69) is 15.9 Å².